The molecule has 0 amide bonds. The molecule has 1 aromatic carbocycles. The highest BCUT2D eigenvalue weighted by molar-refractivity contribution is 5.47. The second-order valence-corrected chi connectivity index (χ2v) is 8.13. The summed E-state index contributed by atoms with van der Waals surface area (Å²) in [4.78, 5) is 2.01. The number of rotatable bonds is 13. The molecule has 0 saturated heterocycles. The molecule has 0 saturated carbocycles. The standard InChI is InChI=1S/C29H40N2/c1-11-14-28-16-15-26(18-27(28)13-3)19-30-25(10)24(9)17-29(23(8)12-2)31(22(6)7)20-21(4)5/h12,15-18,20,30H,2,6,8-11,13-14,19H2,1,3-5,7H3/b29-17-. The maximum Gasteiger partial charge on any atom is 0.0524 e. The van der Waals surface area contributed by atoms with Gasteiger partial charge in [-0.1, -0.05) is 83.0 Å². The van der Waals surface area contributed by atoms with Crippen molar-refractivity contribution in [1.82, 2.24) is 10.2 Å². The normalized spacial score (nSPS) is 10.8. The Hall–Kier alpha value is -3.00. The van der Waals surface area contributed by atoms with Crippen LogP contribution in [-0.2, 0) is 19.4 Å². The van der Waals surface area contributed by atoms with Crippen molar-refractivity contribution in [3.63, 3.8) is 0 Å². The van der Waals surface area contributed by atoms with E-state index in [-0.39, 0.29) is 0 Å². The summed E-state index contributed by atoms with van der Waals surface area (Å²) in [6, 6.07) is 6.76. The summed E-state index contributed by atoms with van der Waals surface area (Å²) in [6.45, 7) is 31.8. The average molecular weight is 417 g/mol. The number of allylic oxidation sites excluding steroid dienone is 4. The molecule has 1 rings (SSSR count). The van der Waals surface area contributed by atoms with Gasteiger partial charge in [0.1, 0.15) is 0 Å². The molecular weight excluding hydrogens is 376 g/mol. The molecule has 0 unspecified atom stereocenters. The Labute approximate surface area is 190 Å². The lowest BCUT2D eigenvalue weighted by Crippen LogP contribution is -2.17. The summed E-state index contributed by atoms with van der Waals surface area (Å²) in [5, 5.41) is 3.42. The van der Waals surface area contributed by atoms with Crippen molar-refractivity contribution >= 4 is 0 Å². The number of hydrogen-bond acceptors (Lipinski definition) is 2. The molecule has 0 aliphatic carbocycles. The minimum absolute atomic E-state index is 0.709. The number of aryl methyl sites for hydroxylation is 2. The van der Waals surface area contributed by atoms with Gasteiger partial charge >= 0.3 is 0 Å². The SMILES string of the molecule is C=CC(=C)/C(=C/C(=C)C(=C)NCc1ccc(CCC)c(CC)c1)N(C=C(C)C)C(=C)C. The zero-order chi connectivity index (χ0) is 23.6. The first-order valence-electron chi connectivity index (χ1n) is 11.0. The minimum atomic E-state index is 0.709. The number of hydrogen-bond donors (Lipinski definition) is 1. The third-order valence-corrected chi connectivity index (χ3v) is 5.01. The molecule has 0 aromatic heterocycles. The van der Waals surface area contributed by atoms with Gasteiger partial charge in [0.25, 0.3) is 0 Å². The Bertz CT molecular complexity index is 905. The molecule has 0 aliphatic rings. The van der Waals surface area contributed by atoms with Crippen molar-refractivity contribution < 1.29 is 0 Å². The molecule has 31 heavy (non-hydrogen) atoms. The number of benzene rings is 1. The Morgan fingerprint density at radius 1 is 1.00 bits per heavy atom. The first-order valence-corrected chi connectivity index (χ1v) is 11.0. The van der Waals surface area contributed by atoms with Gasteiger partial charge in [-0.25, -0.2) is 0 Å². The van der Waals surface area contributed by atoms with Crippen LogP contribution in [0.25, 0.3) is 0 Å². The van der Waals surface area contributed by atoms with Crippen molar-refractivity contribution in [2.45, 2.75) is 60.4 Å². The first kappa shape index (κ1) is 26.0. The summed E-state index contributed by atoms with van der Waals surface area (Å²) in [6.07, 6.45) is 9.11. The van der Waals surface area contributed by atoms with Gasteiger partial charge < -0.3 is 10.2 Å². The fourth-order valence-corrected chi connectivity index (χ4v) is 3.27. The minimum Gasteiger partial charge on any atom is -0.381 e. The monoisotopic (exact) mass is 416 g/mol. The Balaban J connectivity index is 3.04. The van der Waals surface area contributed by atoms with Crippen molar-refractivity contribution in [1.29, 1.82) is 0 Å². The van der Waals surface area contributed by atoms with Gasteiger partial charge in [0, 0.05) is 24.1 Å². The van der Waals surface area contributed by atoms with Gasteiger partial charge in [-0.3, -0.25) is 0 Å². The highest BCUT2D eigenvalue weighted by Crippen LogP contribution is 2.24. The summed E-state index contributed by atoms with van der Waals surface area (Å²) in [7, 11) is 0. The predicted molar refractivity (Wildman–Crippen MR) is 138 cm³/mol. The molecule has 1 N–H and O–H groups in total. The predicted octanol–water partition coefficient (Wildman–Crippen LogP) is 7.75. The molecule has 0 spiro atoms. The third kappa shape index (κ3) is 7.97. The van der Waals surface area contributed by atoms with Crippen LogP contribution in [-0.4, -0.2) is 4.90 Å². The smallest absolute Gasteiger partial charge is 0.0524 e. The van der Waals surface area contributed by atoms with E-state index < -0.39 is 0 Å². The summed E-state index contributed by atoms with van der Waals surface area (Å²) in [5.74, 6) is 0. The van der Waals surface area contributed by atoms with Crippen LogP contribution in [0.5, 0.6) is 0 Å². The van der Waals surface area contributed by atoms with E-state index in [4.69, 9.17) is 0 Å². The molecular formula is C29H40N2. The van der Waals surface area contributed by atoms with Crippen LogP contribution in [0.15, 0.2) is 103 Å². The third-order valence-electron chi connectivity index (χ3n) is 5.01. The van der Waals surface area contributed by atoms with Crippen LogP contribution < -0.4 is 5.32 Å². The highest BCUT2D eigenvalue weighted by atomic mass is 15.1. The van der Waals surface area contributed by atoms with E-state index >= 15 is 0 Å². The van der Waals surface area contributed by atoms with Crippen LogP contribution >= 0.6 is 0 Å². The van der Waals surface area contributed by atoms with E-state index in [2.05, 4.69) is 84.1 Å². The number of nitrogens with zero attached hydrogens (tertiary/aromatic N) is 1. The summed E-state index contributed by atoms with van der Waals surface area (Å²) >= 11 is 0. The molecule has 166 valence electrons. The average Bonchev–Trinajstić information content (AvgIpc) is 2.74. The van der Waals surface area contributed by atoms with Gasteiger partial charge in [0.05, 0.1) is 5.70 Å². The first-order chi connectivity index (χ1) is 14.6. The molecule has 0 aliphatic heterocycles. The van der Waals surface area contributed by atoms with Crippen molar-refractivity contribution in [3.05, 3.63) is 120 Å². The van der Waals surface area contributed by atoms with Crippen molar-refractivity contribution in [3.8, 4) is 0 Å². The summed E-state index contributed by atoms with van der Waals surface area (Å²) in [5.41, 5.74) is 9.43. The maximum atomic E-state index is 4.23. The van der Waals surface area contributed by atoms with E-state index in [0.717, 1.165) is 46.7 Å². The van der Waals surface area contributed by atoms with E-state index in [1.165, 1.54) is 23.1 Å². The quantitative estimate of drug-likeness (QED) is 0.331. The Kier molecular flexibility index (Phi) is 10.6. The molecule has 1 aromatic rings. The molecule has 0 atom stereocenters. The Morgan fingerprint density at radius 2 is 1.68 bits per heavy atom. The van der Waals surface area contributed by atoms with E-state index in [0.29, 0.717) is 6.54 Å². The van der Waals surface area contributed by atoms with Crippen molar-refractivity contribution in [2.24, 2.45) is 0 Å². The fraction of sp³-hybridized carbons (Fsp3) is 0.310. The Morgan fingerprint density at radius 3 is 2.19 bits per heavy atom. The van der Waals surface area contributed by atoms with E-state index in [9.17, 15) is 0 Å². The molecule has 0 heterocycles. The van der Waals surface area contributed by atoms with E-state index in [1.54, 1.807) is 6.08 Å². The zero-order valence-corrected chi connectivity index (χ0v) is 20.3. The molecule has 0 radical (unpaired) electrons. The van der Waals surface area contributed by atoms with Crippen LogP contribution in [0.2, 0.25) is 0 Å². The maximum absolute atomic E-state index is 4.23. The lowest BCUT2D eigenvalue weighted by atomic mass is 9.98. The molecule has 0 fully saturated rings. The molecule has 2 nitrogen and oxygen atoms in total. The number of nitrogens with one attached hydrogen (secondary N) is 1. The largest absolute Gasteiger partial charge is 0.381 e. The topological polar surface area (TPSA) is 15.3 Å². The van der Waals surface area contributed by atoms with Crippen LogP contribution in [0.3, 0.4) is 0 Å². The van der Waals surface area contributed by atoms with Gasteiger partial charge in [-0.2, -0.15) is 0 Å². The van der Waals surface area contributed by atoms with Crippen LogP contribution in [0.1, 0.15) is 57.7 Å². The van der Waals surface area contributed by atoms with Crippen LogP contribution in [0, 0.1) is 0 Å². The molecule has 2 heteroatoms. The second kappa shape index (κ2) is 12.6. The lowest BCUT2D eigenvalue weighted by Gasteiger charge is -2.26. The summed E-state index contributed by atoms with van der Waals surface area (Å²) < 4.78 is 0. The molecule has 0 bridgehead atoms. The highest BCUT2D eigenvalue weighted by Gasteiger charge is 2.12. The van der Waals surface area contributed by atoms with Crippen LogP contribution in [0.4, 0.5) is 0 Å². The van der Waals surface area contributed by atoms with Gasteiger partial charge in [0.2, 0.25) is 0 Å². The second-order valence-electron chi connectivity index (χ2n) is 8.13. The van der Waals surface area contributed by atoms with Crippen molar-refractivity contribution in [2.75, 3.05) is 0 Å². The van der Waals surface area contributed by atoms with Gasteiger partial charge in [-0.05, 0) is 67.5 Å². The van der Waals surface area contributed by atoms with E-state index in [1.807, 2.05) is 24.1 Å². The van der Waals surface area contributed by atoms with Gasteiger partial charge in [0.15, 0.2) is 0 Å². The van der Waals surface area contributed by atoms with Gasteiger partial charge in [-0.15, -0.1) is 0 Å². The fourth-order valence-electron chi connectivity index (χ4n) is 3.27. The zero-order valence-electron chi connectivity index (χ0n) is 20.3. The lowest BCUT2D eigenvalue weighted by molar-refractivity contribution is 0.585.